The van der Waals surface area contributed by atoms with Crippen LogP contribution in [0.5, 0.6) is 0 Å². The number of aromatic nitrogens is 4. The molecule has 1 aliphatic heterocycles. The lowest BCUT2D eigenvalue weighted by molar-refractivity contribution is 0.154. The summed E-state index contributed by atoms with van der Waals surface area (Å²) in [7, 11) is 0. The van der Waals surface area contributed by atoms with Gasteiger partial charge in [-0.05, 0) is 19.8 Å². The van der Waals surface area contributed by atoms with Crippen molar-refractivity contribution in [3.05, 3.63) is 6.20 Å². The van der Waals surface area contributed by atoms with Gasteiger partial charge in [0.2, 0.25) is 5.95 Å². The van der Waals surface area contributed by atoms with Crippen molar-refractivity contribution in [1.82, 2.24) is 20.2 Å². The van der Waals surface area contributed by atoms with Crippen molar-refractivity contribution in [3.63, 3.8) is 0 Å². The summed E-state index contributed by atoms with van der Waals surface area (Å²) in [6.45, 7) is 4.29. The van der Waals surface area contributed by atoms with Crippen LogP contribution in [0.2, 0.25) is 0 Å². The van der Waals surface area contributed by atoms with E-state index in [1.807, 2.05) is 6.92 Å². The molecular formula is C12H18N6O. The van der Waals surface area contributed by atoms with Gasteiger partial charge in [-0.3, -0.25) is 5.10 Å². The van der Waals surface area contributed by atoms with Gasteiger partial charge < -0.3 is 15.3 Å². The van der Waals surface area contributed by atoms with E-state index >= 15 is 0 Å². The Bertz CT molecular complexity index is 568. The average Bonchev–Trinajstić information content (AvgIpc) is 2.86. The Kier molecular flexibility index (Phi) is 3.20. The van der Waals surface area contributed by atoms with E-state index in [-0.39, 0.29) is 6.10 Å². The van der Waals surface area contributed by atoms with E-state index in [0.717, 1.165) is 42.8 Å². The number of nitrogens with one attached hydrogen (secondary N) is 2. The molecule has 3 rings (SSSR count). The van der Waals surface area contributed by atoms with E-state index in [9.17, 15) is 5.11 Å². The molecule has 0 amide bonds. The highest BCUT2D eigenvalue weighted by Gasteiger charge is 2.22. The van der Waals surface area contributed by atoms with Gasteiger partial charge in [0.05, 0.1) is 17.7 Å². The third kappa shape index (κ3) is 2.33. The number of aromatic amines is 1. The van der Waals surface area contributed by atoms with Crippen LogP contribution in [0.15, 0.2) is 6.20 Å². The number of fused-ring (bicyclic) bond motifs is 1. The molecular weight excluding hydrogens is 244 g/mol. The Labute approximate surface area is 111 Å². The second-order valence-electron chi connectivity index (χ2n) is 4.78. The number of β-amino-alcohol motifs (C(OH)–C–C–N with tert-alkyl or cyclic N) is 1. The third-order valence-electron chi connectivity index (χ3n) is 3.32. The lowest BCUT2D eigenvalue weighted by Gasteiger charge is -2.31. The smallest absolute Gasteiger partial charge is 0.226 e. The fraction of sp³-hybridized carbons (Fsp3) is 0.583. The molecule has 0 aromatic carbocycles. The molecule has 0 bridgehead atoms. The third-order valence-corrected chi connectivity index (χ3v) is 3.32. The minimum absolute atomic E-state index is 0.284. The van der Waals surface area contributed by atoms with E-state index in [0.29, 0.717) is 12.5 Å². The van der Waals surface area contributed by atoms with Gasteiger partial charge in [0.15, 0.2) is 5.65 Å². The maximum atomic E-state index is 9.81. The van der Waals surface area contributed by atoms with Crippen molar-refractivity contribution in [3.8, 4) is 0 Å². The maximum absolute atomic E-state index is 9.81. The Morgan fingerprint density at radius 3 is 3.21 bits per heavy atom. The minimum Gasteiger partial charge on any atom is -0.391 e. The molecule has 19 heavy (non-hydrogen) atoms. The molecule has 0 saturated carbocycles. The van der Waals surface area contributed by atoms with E-state index in [4.69, 9.17) is 0 Å². The van der Waals surface area contributed by atoms with Crippen molar-refractivity contribution >= 4 is 22.8 Å². The molecule has 0 radical (unpaired) electrons. The summed E-state index contributed by atoms with van der Waals surface area (Å²) in [4.78, 5) is 11.0. The van der Waals surface area contributed by atoms with Crippen LogP contribution >= 0.6 is 0 Å². The molecule has 7 nitrogen and oxygen atoms in total. The van der Waals surface area contributed by atoms with Gasteiger partial charge in [-0.2, -0.15) is 15.1 Å². The zero-order valence-electron chi connectivity index (χ0n) is 10.9. The number of hydrogen-bond acceptors (Lipinski definition) is 6. The number of piperidine rings is 1. The zero-order chi connectivity index (χ0) is 13.2. The summed E-state index contributed by atoms with van der Waals surface area (Å²) >= 11 is 0. The molecule has 3 N–H and O–H groups in total. The molecule has 1 saturated heterocycles. The van der Waals surface area contributed by atoms with E-state index in [1.165, 1.54) is 0 Å². The number of aliphatic hydroxyl groups is 1. The van der Waals surface area contributed by atoms with Crippen LogP contribution in [-0.2, 0) is 0 Å². The van der Waals surface area contributed by atoms with Crippen LogP contribution in [0, 0.1) is 0 Å². The highest BCUT2D eigenvalue weighted by atomic mass is 16.3. The fourth-order valence-corrected chi connectivity index (χ4v) is 2.44. The normalized spacial score (nSPS) is 19.9. The molecule has 3 heterocycles. The van der Waals surface area contributed by atoms with Crippen LogP contribution < -0.4 is 10.2 Å². The Hall–Kier alpha value is -1.89. The predicted octanol–water partition coefficient (Wildman–Crippen LogP) is 0.746. The summed E-state index contributed by atoms with van der Waals surface area (Å²) in [6.07, 6.45) is 3.28. The van der Waals surface area contributed by atoms with E-state index < -0.39 is 0 Å². The molecule has 1 fully saturated rings. The van der Waals surface area contributed by atoms with Gasteiger partial charge in [0, 0.05) is 19.6 Å². The van der Waals surface area contributed by atoms with Gasteiger partial charge in [-0.15, -0.1) is 0 Å². The van der Waals surface area contributed by atoms with Gasteiger partial charge in [-0.1, -0.05) is 0 Å². The molecule has 2 aromatic rings. The van der Waals surface area contributed by atoms with E-state index in [2.05, 4.69) is 30.4 Å². The summed E-state index contributed by atoms with van der Waals surface area (Å²) in [5.74, 6) is 1.43. The van der Waals surface area contributed by atoms with Crippen LogP contribution in [0.25, 0.3) is 11.0 Å². The van der Waals surface area contributed by atoms with Gasteiger partial charge in [0.1, 0.15) is 5.82 Å². The summed E-state index contributed by atoms with van der Waals surface area (Å²) in [6, 6.07) is 0. The average molecular weight is 262 g/mol. The first-order valence-corrected chi connectivity index (χ1v) is 6.66. The Morgan fingerprint density at radius 2 is 2.42 bits per heavy atom. The van der Waals surface area contributed by atoms with Crippen molar-refractivity contribution in [1.29, 1.82) is 0 Å². The maximum Gasteiger partial charge on any atom is 0.226 e. The Balaban J connectivity index is 2.02. The summed E-state index contributed by atoms with van der Waals surface area (Å²) < 4.78 is 0. The van der Waals surface area contributed by atoms with Crippen molar-refractivity contribution < 1.29 is 5.11 Å². The lowest BCUT2D eigenvalue weighted by atomic mass is 10.1. The standard InChI is InChI=1S/C12H18N6O/c1-2-13-12-15-10-9(6-14-17-10)11(16-12)18-5-3-4-8(19)7-18/h6,8,19H,2-5,7H2,1H3,(H2,13,14,15,16,17). The number of anilines is 2. The quantitative estimate of drug-likeness (QED) is 0.756. The molecule has 1 unspecified atom stereocenters. The van der Waals surface area contributed by atoms with Gasteiger partial charge >= 0.3 is 0 Å². The van der Waals surface area contributed by atoms with Crippen molar-refractivity contribution in [2.45, 2.75) is 25.9 Å². The van der Waals surface area contributed by atoms with Crippen LogP contribution in [0.1, 0.15) is 19.8 Å². The topological polar surface area (TPSA) is 90.0 Å². The largest absolute Gasteiger partial charge is 0.391 e. The summed E-state index contributed by atoms with van der Waals surface area (Å²) in [5, 5.41) is 20.7. The van der Waals surface area contributed by atoms with Crippen molar-refractivity contribution in [2.24, 2.45) is 0 Å². The van der Waals surface area contributed by atoms with Gasteiger partial charge in [-0.25, -0.2) is 0 Å². The van der Waals surface area contributed by atoms with Crippen LogP contribution in [0.4, 0.5) is 11.8 Å². The number of H-pyrrole nitrogens is 1. The summed E-state index contributed by atoms with van der Waals surface area (Å²) in [5.41, 5.74) is 0.723. The SMILES string of the molecule is CCNc1nc(N2CCCC(O)C2)c2cn[nH]c2n1. The monoisotopic (exact) mass is 262 g/mol. The second-order valence-corrected chi connectivity index (χ2v) is 4.78. The first kappa shape index (κ1) is 12.2. The highest BCUT2D eigenvalue weighted by molar-refractivity contribution is 5.87. The van der Waals surface area contributed by atoms with E-state index in [1.54, 1.807) is 6.20 Å². The van der Waals surface area contributed by atoms with Gasteiger partial charge in [0.25, 0.3) is 0 Å². The highest BCUT2D eigenvalue weighted by Crippen LogP contribution is 2.26. The molecule has 7 heteroatoms. The second kappa shape index (κ2) is 5.00. The molecule has 1 atom stereocenters. The molecule has 102 valence electrons. The molecule has 0 spiro atoms. The predicted molar refractivity (Wildman–Crippen MR) is 73.3 cm³/mol. The number of rotatable bonds is 3. The van der Waals surface area contributed by atoms with Crippen LogP contribution in [0.3, 0.4) is 0 Å². The minimum atomic E-state index is -0.284. The number of aliphatic hydroxyl groups excluding tert-OH is 1. The first-order chi connectivity index (χ1) is 9.28. The van der Waals surface area contributed by atoms with Crippen molar-refractivity contribution in [2.75, 3.05) is 29.9 Å². The number of nitrogens with zero attached hydrogens (tertiary/aromatic N) is 4. The fourth-order valence-electron chi connectivity index (χ4n) is 2.44. The molecule has 1 aliphatic rings. The Morgan fingerprint density at radius 1 is 1.53 bits per heavy atom. The molecule has 0 aliphatic carbocycles. The first-order valence-electron chi connectivity index (χ1n) is 6.66. The lowest BCUT2D eigenvalue weighted by Crippen LogP contribution is -2.38. The molecule has 2 aromatic heterocycles. The number of hydrogen-bond donors (Lipinski definition) is 3. The zero-order valence-corrected chi connectivity index (χ0v) is 10.9. The van der Waals surface area contributed by atoms with Crippen LogP contribution in [-0.4, -0.2) is 51.0 Å².